The molecule has 2 rings (SSSR count). The second kappa shape index (κ2) is 16.2. The SMILES string of the molecule is C=CC(=O)OCC(O)COc1ccc(C(c2ccc(OCC(O)COC(=O)C=C)cc2CC(C)C(F)(F)F)(C(F)(F)F)C(F)(F)F)cc1. The maximum atomic E-state index is 14.9. The molecular formula is C31H31F9O8. The van der Waals surface area contributed by atoms with Crippen LogP contribution in [0.3, 0.4) is 0 Å². The molecule has 3 unspecified atom stereocenters. The van der Waals surface area contributed by atoms with Gasteiger partial charge in [-0.2, -0.15) is 39.5 Å². The van der Waals surface area contributed by atoms with Crippen molar-refractivity contribution in [1.29, 1.82) is 0 Å². The molecule has 0 radical (unpaired) electrons. The summed E-state index contributed by atoms with van der Waals surface area (Å²) in [5.74, 6) is -4.96. The first-order valence-electron chi connectivity index (χ1n) is 13.8. The van der Waals surface area contributed by atoms with Crippen molar-refractivity contribution in [2.75, 3.05) is 26.4 Å². The van der Waals surface area contributed by atoms with E-state index in [0.29, 0.717) is 37.3 Å². The summed E-state index contributed by atoms with van der Waals surface area (Å²) in [6.45, 7) is 4.39. The van der Waals surface area contributed by atoms with E-state index in [9.17, 15) is 59.3 Å². The number of ether oxygens (including phenoxy) is 4. The Labute approximate surface area is 268 Å². The molecule has 8 nitrogen and oxygen atoms in total. The van der Waals surface area contributed by atoms with Gasteiger partial charge in [0.25, 0.3) is 0 Å². The second-order valence-corrected chi connectivity index (χ2v) is 10.3. The number of hydrogen-bond acceptors (Lipinski definition) is 8. The van der Waals surface area contributed by atoms with E-state index in [1.165, 1.54) is 0 Å². The third-order valence-electron chi connectivity index (χ3n) is 6.76. The van der Waals surface area contributed by atoms with E-state index in [2.05, 4.69) is 22.6 Å². The Balaban J connectivity index is 2.60. The zero-order valence-electron chi connectivity index (χ0n) is 25.1. The molecule has 0 heterocycles. The Morgan fingerprint density at radius 2 is 1.17 bits per heavy atom. The van der Waals surface area contributed by atoms with Gasteiger partial charge in [-0.05, 0) is 47.4 Å². The van der Waals surface area contributed by atoms with Crippen molar-refractivity contribution >= 4 is 11.9 Å². The zero-order valence-corrected chi connectivity index (χ0v) is 25.1. The number of benzene rings is 2. The summed E-state index contributed by atoms with van der Waals surface area (Å²) in [7, 11) is 0. The maximum absolute atomic E-state index is 14.9. The third-order valence-corrected chi connectivity index (χ3v) is 6.76. The Kier molecular flexibility index (Phi) is 13.5. The van der Waals surface area contributed by atoms with Crippen molar-refractivity contribution in [1.82, 2.24) is 0 Å². The second-order valence-electron chi connectivity index (χ2n) is 10.3. The van der Waals surface area contributed by atoms with Gasteiger partial charge < -0.3 is 29.2 Å². The number of aliphatic hydroxyl groups is 2. The molecule has 2 aromatic rings. The first-order valence-corrected chi connectivity index (χ1v) is 13.8. The quantitative estimate of drug-likeness (QED) is 0.129. The molecule has 0 aliphatic carbocycles. The van der Waals surface area contributed by atoms with Crippen molar-refractivity contribution in [3.63, 3.8) is 0 Å². The van der Waals surface area contributed by atoms with Crippen LogP contribution in [-0.2, 0) is 30.9 Å². The lowest BCUT2D eigenvalue weighted by Gasteiger charge is -2.40. The molecular weight excluding hydrogens is 671 g/mol. The van der Waals surface area contributed by atoms with Gasteiger partial charge in [-0.25, -0.2) is 9.59 Å². The zero-order chi connectivity index (χ0) is 36.5. The Morgan fingerprint density at radius 1 is 0.729 bits per heavy atom. The van der Waals surface area contributed by atoms with Crippen molar-refractivity contribution < 1.29 is 78.3 Å². The van der Waals surface area contributed by atoms with Crippen molar-refractivity contribution in [2.24, 2.45) is 5.92 Å². The highest BCUT2D eigenvalue weighted by atomic mass is 19.4. The standard InChI is InChI=1S/C31H31F9O8/c1-4-26(43)47-16-21(41)14-45-23-8-6-20(7-9-23)28(30(35,36)37,31(38,39)40)25-11-10-24(13-19(25)12-18(3)29(32,33)34)46-15-22(42)17-48-27(44)5-2/h4-11,13,18,21-22,41-42H,1-2,12,14-17H2,3H3. The number of alkyl halides is 9. The molecule has 0 bridgehead atoms. The van der Waals surface area contributed by atoms with Crippen LogP contribution in [0.1, 0.15) is 23.6 Å². The van der Waals surface area contributed by atoms with E-state index in [1.807, 2.05) is 0 Å². The summed E-state index contributed by atoms with van der Waals surface area (Å²) >= 11 is 0. The maximum Gasteiger partial charge on any atom is 0.411 e. The monoisotopic (exact) mass is 702 g/mol. The third kappa shape index (κ3) is 10.1. The van der Waals surface area contributed by atoms with Gasteiger partial charge >= 0.3 is 30.5 Å². The summed E-state index contributed by atoms with van der Waals surface area (Å²) in [5.41, 5.74) is -8.82. The fraction of sp³-hybridized carbons (Fsp3) is 0.419. The minimum absolute atomic E-state index is 0.293. The normalized spacial score (nSPS) is 14.3. The van der Waals surface area contributed by atoms with Crippen LogP contribution in [0.5, 0.6) is 11.5 Å². The minimum atomic E-state index is -6.16. The summed E-state index contributed by atoms with van der Waals surface area (Å²) in [4.78, 5) is 22.3. The highest BCUT2D eigenvalue weighted by Crippen LogP contribution is 2.57. The highest BCUT2D eigenvalue weighted by molar-refractivity contribution is 5.81. The topological polar surface area (TPSA) is 112 Å². The van der Waals surface area contributed by atoms with Crippen LogP contribution in [-0.4, -0.2) is 79.3 Å². The van der Waals surface area contributed by atoms with E-state index >= 15 is 0 Å². The molecule has 0 aliphatic rings. The molecule has 17 heteroatoms. The lowest BCUT2D eigenvalue weighted by atomic mass is 9.70. The van der Waals surface area contributed by atoms with E-state index < -0.39 is 109 Å². The number of halogens is 9. The lowest BCUT2D eigenvalue weighted by Crippen LogP contribution is -2.55. The predicted octanol–water partition coefficient (Wildman–Crippen LogP) is 5.78. The number of rotatable bonds is 16. The molecule has 0 spiro atoms. The summed E-state index contributed by atoms with van der Waals surface area (Å²) < 4.78 is 150. The van der Waals surface area contributed by atoms with Crippen LogP contribution in [0.2, 0.25) is 0 Å². The largest absolute Gasteiger partial charge is 0.491 e. The van der Waals surface area contributed by atoms with Gasteiger partial charge in [0.1, 0.15) is 50.1 Å². The van der Waals surface area contributed by atoms with Crippen LogP contribution in [0, 0.1) is 5.92 Å². The predicted molar refractivity (Wildman–Crippen MR) is 150 cm³/mol. The molecule has 266 valence electrons. The number of esters is 2. The molecule has 0 amide bonds. The number of carbonyl (C=O) groups excluding carboxylic acids is 2. The van der Waals surface area contributed by atoms with Gasteiger partial charge in [-0.1, -0.05) is 38.3 Å². The molecule has 2 N–H and O–H groups in total. The number of hydrogen-bond donors (Lipinski definition) is 2. The Morgan fingerprint density at radius 3 is 1.58 bits per heavy atom. The first-order chi connectivity index (χ1) is 22.2. The van der Waals surface area contributed by atoms with Crippen molar-refractivity contribution in [3.8, 4) is 11.5 Å². The molecule has 0 saturated carbocycles. The minimum Gasteiger partial charge on any atom is -0.491 e. The molecule has 48 heavy (non-hydrogen) atoms. The molecule has 3 atom stereocenters. The molecule has 0 aromatic heterocycles. The van der Waals surface area contributed by atoms with Crippen LogP contribution in [0.4, 0.5) is 39.5 Å². The van der Waals surface area contributed by atoms with Gasteiger partial charge in [0.2, 0.25) is 5.41 Å². The van der Waals surface area contributed by atoms with Crippen LogP contribution >= 0.6 is 0 Å². The smallest absolute Gasteiger partial charge is 0.411 e. The van der Waals surface area contributed by atoms with Gasteiger partial charge in [0.15, 0.2) is 0 Å². The fourth-order valence-corrected chi connectivity index (χ4v) is 4.35. The van der Waals surface area contributed by atoms with E-state index in [-0.39, 0.29) is 5.75 Å². The molecule has 0 saturated heterocycles. The van der Waals surface area contributed by atoms with Crippen LogP contribution in [0.15, 0.2) is 67.8 Å². The van der Waals surface area contributed by atoms with Crippen molar-refractivity contribution in [2.45, 2.75) is 49.5 Å². The number of carbonyl (C=O) groups is 2. The van der Waals surface area contributed by atoms with E-state index in [1.54, 1.807) is 0 Å². The molecule has 0 fully saturated rings. The first kappa shape index (κ1) is 39.9. The number of aliphatic hydroxyl groups excluding tert-OH is 2. The Bertz CT molecular complexity index is 1390. The van der Waals surface area contributed by atoms with E-state index in [4.69, 9.17) is 9.47 Å². The van der Waals surface area contributed by atoms with Gasteiger partial charge in [0, 0.05) is 12.2 Å². The van der Waals surface area contributed by atoms with Gasteiger partial charge in [-0.15, -0.1) is 0 Å². The van der Waals surface area contributed by atoms with Crippen LogP contribution < -0.4 is 9.47 Å². The fourth-order valence-electron chi connectivity index (χ4n) is 4.35. The average Bonchev–Trinajstić information content (AvgIpc) is 3.00. The summed E-state index contributed by atoms with van der Waals surface area (Å²) in [6, 6.07) is 3.95. The molecule has 0 aliphatic heterocycles. The van der Waals surface area contributed by atoms with E-state index in [0.717, 1.165) is 24.3 Å². The highest BCUT2D eigenvalue weighted by Gasteiger charge is 2.73. The van der Waals surface area contributed by atoms with Crippen molar-refractivity contribution in [3.05, 3.63) is 84.5 Å². The van der Waals surface area contributed by atoms with Gasteiger partial charge in [-0.3, -0.25) is 0 Å². The Hall–Kier alpha value is -4.25. The summed E-state index contributed by atoms with van der Waals surface area (Å²) in [6.07, 6.45) is -20.0. The van der Waals surface area contributed by atoms with Gasteiger partial charge in [0.05, 0.1) is 5.92 Å². The van der Waals surface area contributed by atoms with Crippen LogP contribution in [0.25, 0.3) is 0 Å². The lowest BCUT2D eigenvalue weighted by molar-refractivity contribution is -0.288. The average molecular weight is 703 g/mol. The summed E-state index contributed by atoms with van der Waals surface area (Å²) in [5, 5.41) is 19.8. The molecule has 2 aromatic carbocycles.